The molecule has 1 fully saturated rings. The number of hydrogen-bond acceptors (Lipinski definition) is 11. The van der Waals surface area contributed by atoms with E-state index >= 15 is 0 Å². The van der Waals surface area contributed by atoms with E-state index in [-0.39, 0.29) is 16.6 Å². The molecule has 0 amide bonds. The van der Waals surface area contributed by atoms with Crippen molar-refractivity contribution in [2.75, 3.05) is 6.61 Å². The molecule has 0 spiro atoms. The highest BCUT2D eigenvalue weighted by Crippen LogP contribution is 2.47. The van der Waals surface area contributed by atoms with Crippen molar-refractivity contribution in [3.05, 3.63) is 57.7 Å². The first kappa shape index (κ1) is 28.9. The predicted molar refractivity (Wildman–Crippen MR) is 136 cm³/mol. The van der Waals surface area contributed by atoms with E-state index in [2.05, 4.69) is 9.98 Å². The van der Waals surface area contributed by atoms with Gasteiger partial charge in [-0.2, -0.15) is 0 Å². The average Bonchev–Trinajstić information content (AvgIpc) is 3.05. The second kappa shape index (κ2) is 11.8. The van der Waals surface area contributed by atoms with Gasteiger partial charge in [-0.05, 0) is 52.0 Å². The van der Waals surface area contributed by atoms with Crippen molar-refractivity contribution < 1.29 is 38.1 Å². The molecule has 3 unspecified atom stereocenters. The van der Waals surface area contributed by atoms with Crippen LogP contribution in [0.3, 0.4) is 0 Å². The predicted octanol–water partition coefficient (Wildman–Crippen LogP) is 2.57. The number of aliphatic hydroxyl groups is 2. The number of esters is 1. The molecule has 2 aromatic rings. The van der Waals surface area contributed by atoms with Gasteiger partial charge in [0.05, 0.1) is 12.7 Å². The molecule has 1 aliphatic rings. The van der Waals surface area contributed by atoms with Crippen LogP contribution in [0, 0.1) is 4.77 Å². The Morgan fingerprint density at radius 2 is 2.00 bits per heavy atom. The van der Waals surface area contributed by atoms with Crippen molar-refractivity contribution in [1.29, 1.82) is 0 Å². The lowest BCUT2D eigenvalue weighted by molar-refractivity contribution is -0.148. The standard InChI is InChI=1S/C23H30N3O9PS/c1-14(2)33-20(29)15(3)24-13-36(31,35-16-8-6-5-7-9-16)32-12-17-19(28)23(4,30)21(34-17)26-11-10-18(27)25-22(26)37/h5-11,13-15,17,19,21,28,30H,12H2,1-4H3,(H,25,27,37)/b24-13+/t15-,17+,19?,21+,23?,36?/m0/s1. The molecular formula is C23H30N3O9PS. The van der Waals surface area contributed by atoms with Crippen LogP contribution < -0.4 is 10.1 Å². The Balaban J connectivity index is 1.81. The van der Waals surface area contributed by atoms with E-state index < -0.39 is 55.8 Å². The van der Waals surface area contributed by atoms with Crippen molar-refractivity contribution in [1.82, 2.24) is 9.55 Å². The maximum atomic E-state index is 13.6. The number of ether oxygens (including phenoxy) is 2. The van der Waals surface area contributed by atoms with Gasteiger partial charge in [0.25, 0.3) is 5.56 Å². The van der Waals surface area contributed by atoms with E-state index in [4.69, 9.17) is 30.7 Å². The Morgan fingerprint density at radius 3 is 2.62 bits per heavy atom. The maximum Gasteiger partial charge on any atom is 0.421 e. The first-order valence-corrected chi connectivity index (χ1v) is 13.5. The number of hydrogen-bond donors (Lipinski definition) is 3. The fraction of sp³-hybridized carbons (Fsp3) is 0.478. The molecule has 0 aliphatic carbocycles. The molecule has 0 bridgehead atoms. The van der Waals surface area contributed by atoms with Crippen LogP contribution in [0.25, 0.3) is 0 Å². The summed E-state index contributed by atoms with van der Waals surface area (Å²) >= 11 is 5.14. The molecule has 3 N–H and O–H groups in total. The van der Waals surface area contributed by atoms with E-state index in [0.29, 0.717) is 0 Å². The van der Waals surface area contributed by atoms with Crippen LogP contribution in [0.15, 0.2) is 52.4 Å². The number of aromatic amines is 1. The number of benzene rings is 1. The molecule has 0 saturated carbocycles. The second-order valence-electron chi connectivity index (χ2n) is 8.88. The molecule has 1 saturated heterocycles. The summed E-state index contributed by atoms with van der Waals surface area (Å²) in [5.41, 5.74) is -2.29. The first-order valence-electron chi connectivity index (χ1n) is 11.4. The third kappa shape index (κ3) is 7.22. The molecule has 1 aromatic carbocycles. The third-order valence-corrected chi connectivity index (χ3v) is 7.08. The molecule has 2 heterocycles. The normalized spacial score (nSPS) is 26.2. The Morgan fingerprint density at radius 1 is 1.32 bits per heavy atom. The summed E-state index contributed by atoms with van der Waals surface area (Å²) in [7, 11) is -4.14. The van der Waals surface area contributed by atoms with Crippen LogP contribution in [0.2, 0.25) is 0 Å². The number of carbonyl (C=O) groups excluding carboxylic acids is 1. The molecule has 202 valence electrons. The zero-order valence-electron chi connectivity index (χ0n) is 20.7. The van der Waals surface area contributed by atoms with Crippen LogP contribution >= 0.6 is 19.8 Å². The van der Waals surface area contributed by atoms with Crippen molar-refractivity contribution in [3.63, 3.8) is 0 Å². The third-order valence-electron chi connectivity index (χ3n) is 5.38. The van der Waals surface area contributed by atoms with Gasteiger partial charge in [-0.25, -0.2) is 9.36 Å². The summed E-state index contributed by atoms with van der Waals surface area (Å²) < 4.78 is 36.9. The summed E-state index contributed by atoms with van der Waals surface area (Å²) in [6.45, 7) is 5.70. The van der Waals surface area contributed by atoms with E-state index in [1.54, 1.807) is 44.2 Å². The lowest BCUT2D eigenvalue weighted by Gasteiger charge is -2.28. The number of nitrogens with zero attached hydrogens (tertiary/aromatic N) is 2. The number of aromatic nitrogens is 2. The fourth-order valence-corrected chi connectivity index (χ4v) is 5.01. The molecule has 1 aromatic heterocycles. The topological polar surface area (TPSA) is 162 Å². The number of H-pyrrole nitrogens is 1. The number of aliphatic imine (C=N–C) groups is 1. The van der Waals surface area contributed by atoms with Crippen LogP contribution in [-0.2, 0) is 23.4 Å². The average molecular weight is 556 g/mol. The quantitative estimate of drug-likeness (QED) is 0.172. The van der Waals surface area contributed by atoms with Crippen molar-refractivity contribution >= 4 is 31.7 Å². The molecule has 37 heavy (non-hydrogen) atoms. The molecule has 3 rings (SSSR count). The summed E-state index contributed by atoms with van der Waals surface area (Å²) in [6.07, 6.45) is -2.88. The fourth-order valence-electron chi connectivity index (χ4n) is 3.45. The van der Waals surface area contributed by atoms with Gasteiger partial charge >= 0.3 is 13.6 Å². The highest BCUT2D eigenvalue weighted by molar-refractivity contribution is 7.71. The van der Waals surface area contributed by atoms with Gasteiger partial charge in [0.1, 0.15) is 35.6 Å². The monoisotopic (exact) mass is 555 g/mol. The van der Waals surface area contributed by atoms with E-state index in [9.17, 15) is 24.4 Å². The Bertz CT molecular complexity index is 1280. The number of para-hydroxylation sites is 1. The highest BCUT2D eigenvalue weighted by Gasteiger charge is 2.53. The molecule has 1 aliphatic heterocycles. The lowest BCUT2D eigenvalue weighted by atomic mass is 9.96. The van der Waals surface area contributed by atoms with E-state index in [1.165, 1.54) is 30.7 Å². The smallest absolute Gasteiger partial charge is 0.421 e. The SMILES string of the molecule is CC(C)OC(=O)[C@H](C)/N=C/P(=O)(OC[C@H]1O[C@@H](n2ccc(=O)[nH]c2=S)C(C)(O)C1O)Oc1ccccc1. The van der Waals surface area contributed by atoms with Gasteiger partial charge in [0.15, 0.2) is 11.0 Å². The summed E-state index contributed by atoms with van der Waals surface area (Å²) in [5, 5.41) is 21.7. The number of aliphatic hydroxyl groups excluding tert-OH is 1. The minimum absolute atomic E-state index is 0.0287. The first-order chi connectivity index (χ1) is 17.3. The van der Waals surface area contributed by atoms with Gasteiger partial charge in [-0.15, -0.1) is 0 Å². The Labute approximate surface area is 218 Å². The maximum absolute atomic E-state index is 13.6. The van der Waals surface area contributed by atoms with Gasteiger partial charge in [0, 0.05) is 12.3 Å². The van der Waals surface area contributed by atoms with Gasteiger partial charge in [0.2, 0.25) is 0 Å². The number of rotatable bonds is 10. The number of nitrogens with one attached hydrogen (secondary N) is 1. The second-order valence-corrected chi connectivity index (χ2v) is 11.0. The molecular weight excluding hydrogens is 525 g/mol. The van der Waals surface area contributed by atoms with Gasteiger partial charge < -0.3 is 24.2 Å². The number of carbonyl (C=O) groups is 1. The van der Waals surface area contributed by atoms with Gasteiger partial charge in [-0.1, -0.05) is 18.2 Å². The van der Waals surface area contributed by atoms with Crippen LogP contribution in [0.1, 0.15) is 33.9 Å². The molecule has 6 atom stereocenters. The van der Waals surface area contributed by atoms with E-state index in [0.717, 1.165) is 5.96 Å². The van der Waals surface area contributed by atoms with Crippen molar-refractivity contribution in [2.45, 2.75) is 63.9 Å². The molecule has 14 heteroatoms. The summed E-state index contributed by atoms with van der Waals surface area (Å²) in [4.78, 5) is 30.0. The van der Waals surface area contributed by atoms with Crippen LogP contribution in [-0.4, -0.2) is 68.3 Å². The minimum atomic E-state index is -4.14. The largest absolute Gasteiger partial charge is 0.461 e. The Kier molecular flexibility index (Phi) is 9.22. The van der Waals surface area contributed by atoms with Crippen LogP contribution in [0.4, 0.5) is 0 Å². The van der Waals surface area contributed by atoms with Crippen molar-refractivity contribution in [3.8, 4) is 5.75 Å². The summed E-state index contributed by atoms with van der Waals surface area (Å²) in [6, 6.07) is 8.38. The van der Waals surface area contributed by atoms with Gasteiger partial charge in [-0.3, -0.25) is 23.9 Å². The summed E-state index contributed by atoms with van der Waals surface area (Å²) in [5.74, 6) is 0.497. The molecule has 0 radical (unpaired) electrons. The lowest BCUT2D eigenvalue weighted by Crippen LogP contribution is -2.44. The highest BCUT2D eigenvalue weighted by atomic mass is 32.1. The zero-order valence-corrected chi connectivity index (χ0v) is 22.4. The zero-order chi connectivity index (χ0) is 27.4. The van der Waals surface area contributed by atoms with E-state index in [1.807, 2.05) is 0 Å². The van der Waals surface area contributed by atoms with Crippen LogP contribution in [0.5, 0.6) is 5.75 Å². The molecule has 12 nitrogen and oxygen atoms in total. The minimum Gasteiger partial charge on any atom is -0.461 e. The Hall–Kier alpha value is -2.67. The van der Waals surface area contributed by atoms with Crippen molar-refractivity contribution in [2.24, 2.45) is 4.99 Å².